The molecule has 3 nitrogen and oxygen atoms in total. The molecule has 0 aromatic heterocycles. The highest BCUT2D eigenvalue weighted by Crippen LogP contribution is 2.25. The lowest BCUT2D eigenvalue weighted by molar-refractivity contribution is -0.131. The molecular formula is C14H17BrO3. The highest BCUT2D eigenvalue weighted by Gasteiger charge is 2.03. The van der Waals surface area contributed by atoms with Gasteiger partial charge in [-0.25, -0.2) is 4.79 Å². The van der Waals surface area contributed by atoms with Crippen molar-refractivity contribution in [3.8, 4) is 5.75 Å². The fourth-order valence-electron chi connectivity index (χ4n) is 1.35. The predicted molar refractivity (Wildman–Crippen MR) is 75.8 cm³/mol. The maximum absolute atomic E-state index is 10.5. The van der Waals surface area contributed by atoms with Crippen LogP contribution in [0.2, 0.25) is 0 Å². The van der Waals surface area contributed by atoms with Gasteiger partial charge in [-0.15, -0.1) is 0 Å². The van der Waals surface area contributed by atoms with Crippen LogP contribution in [0, 0.1) is 5.92 Å². The lowest BCUT2D eigenvalue weighted by atomic mass is 10.1. The summed E-state index contributed by atoms with van der Waals surface area (Å²) in [6.07, 6.45) is 3.62. The van der Waals surface area contributed by atoms with E-state index < -0.39 is 5.97 Å². The molecule has 0 aliphatic carbocycles. The fraction of sp³-hybridized carbons (Fsp3) is 0.357. The molecule has 1 rings (SSSR count). The Balaban J connectivity index is 2.79. The van der Waals surface area contributed by atoms with Crippen molar-refractivity contribution in [3.05, 3.63) is 34.3 Å². The highest BCUT2D eigenvalue weighted by molar-refractivity contribution is 9.10. The van der Waals surface area contributed by atoms with Crippen LogP contribution in [0.3, 0.4) is 0 Å². The summed E-state index contributed by atoms with van der Waals surface area (Å²) < 4.78 is 6.56. The summed E-state index contributed by atoms with van der Waals surface area (Å²) in [5.74, 6) is 0.318. The lowest BCUT2D eigenvalue weighted by Crippen LogP contribution is -2.02. The smallest absolute Gasteiger partial charge is 0.328 e. The van der Waals surface area contributed by atoms with Gasteiger partial charge in [0.05, 0.1) is 6.61 Å². The molecule has 18 heavy (non-hydrogen) atoms. The molecule has 0 spiro atoms. The Morgan fingerprint density at radius 1 is 1.50 bits per heavy atom. The summed E-state index contributed by atoms with van der Waals surface area (Å²) in [7, 11) is 0. The van der Waals surface area contributed by atoms with E-state index in [1.165, 1.54) is 6.08 Å². The first kappa shape index (κ1) is 14.8. The molecule has 1 N–H and O–H groups in total. The second-order valence-electron chi connectivity index (χ2n) is 4.38. The minimum absolute atomic E-state index is 0.582. The van der Waals surface area contributed by atoms with Crippen molar-refractivity contribution in [1.29, 1.82) is 0 Å². The number of hydrogen-bond acceptors (Lipinski definition) is 2. The zero-order valence-corrected chi connectivity index (χ0v) is 12.1. The Morgan fingerprint density at radius 2 is 2.22 bits per heavy atom. The number of carboxylic acid groups (broad SMARTS) is 1. The van der Waals surface area contributed by atoms with Crippen molar-refractivity contribution in [2.75, 3.05) is 6.61 Å². The van der Waals surface area contributed by atoms with Crippen molar-refractivity contribution >= 4 is 28.0 Å². The molecule has 0 aliphatic rings. The van der Waals surface area contributed by atoms with Crippen LogP contribution in [0.4, 0.5) is 0 Å². The number of aliphatic carboxylic acids is 1. The number of rotatable bonds is 6. The summed E-state index contributed by atoms with van der Waals surface area (Å²) in [6.45, 7) is 4.90. The average Bonchev–Trinajstić information content (AvgIpc) is 2.28. The van der Waals surface area contributed by atoms with Crippen LogP contribution in [0.5, 0.6) is 5.75 Å². The molecule has 0 saturated carbocycles. The molecule has 0 atom stereocenters. The Hall–Kier alpha value is -1.29. The second kappa shape index (κ2) is 7.21. The normalized spacial score (nSPS) is 11.1. The number of halogens is 1. The topological polar surface area (TPSA) is 46.5 Å². The number of carbonyl (C=O) groups is 1. The van der Waals surface area contributed by atoms with Gasteiger partial charge in [-0.2, -0.15) is 0 Å². The fourth-order valence-corrected chi connectivity index (χ4v) is 1.73. The SMILES string of the molecule is CC(C)CCOc1ccc(Br)cc1/C=C/C(=O)O. The molecule has 1 aromatic rings. The van der Waals surface area contributed by atoms with E-state index in [2.05, 4.69) is 29.8 Å². The zero-order chi connectivity index (χ0) is 13.5. The van der Waals surface area contributed by atoms with E-state index in [1.54, 1.807) is 0 Å². The van der Waals surface area contributed by atoms with Crippen molar-refractivity contribution in [2.45, 2.75) is 20.3 Å². The molecular weight excluding hydrogens is 296 g/mol. The number of ether oxygens (including phenoxy) is 1. The zero-order valence-electron chi connectivity index (χ0n) is 10.5. The van der Waals surface area contributed by atoms with Crippen LogP contribution in [0.25, 0.3) is 6.08 Å². The number of carboxylic acids is 1. The summed E-state index contributed by atoms with van der Waals surface area (Å²) in [5.41, 5.74) is 0.760. The first-order valence-electron chi connectivity index (χ1n) is 5.82. The second-order valence-corrected chi connectivity index (χ2v) is 5.30. The van der Waals surface area contributed by atoms with E-state index in [9.17, 15) is 4.79 Å². The largest absolute Gasteiger partial charge is 0.493 e. The number of benzene rings is 1. The van der Waals surface area contributed by atoms with Gasteiger partial charge in [0, 0.05) is 16.1 Å². The predicted octanol–water partition coefficient (Wildman–Crippen LogP) is 3.97. The molecule has 0 amide bonds. The molecule has 0 heterocycles. The summed E-state index contributed by atoms with van der Waals surface area (Å²) in [5, 5.41) is 8.64. The quantitative estimate of drug-likeness (QED) is 0.808. The first-order valence-corrected chi connectivity index (χ1v) is 6.61. The summed E-state index contributed by atoms with van der Waals surface area (Å²) >= 11 is 3.36. The molecule has 0 aliphatic heterocycles. The first-order chi connectivity index (χ1) is 8.49. The van der Waals surface area contributed by atoms with E-state index in [0.29, 0.717) is 18.3 Å². The highest BCUT2D eigenvalue weighted by atomic mass is 79.9. The van der Waals surface area contributed by atoms with E-state index >= 15 is 0 Å². The van der Waals surface area contributed by atoms with Crippen molar-refractivity contribution < 1.29 is 14.6 Å². The van der Waals surface area contributed by atoms with Crippen LogP contribution in [0.15, 0.2) is 28.7 Å². The van der Waals surface area contributed by atoms with Crippen LogP contribution < -0.4 is 4.74 Å². The van der Waals surface area contributed by atoms with Gasteiger partial charge in [0.25, 0.3) is 0 Å². The summed E-state index contributed by atoms with van der Waals surface area (Å²) in [4.78, 5) is 10.5. The Labute approximate surface area is 116 Å². The van der Waals surface area contributed by atoms with Crippen LogP contribution in [-0.2, 0) is 4.79 Å². The standard InChI is InChI=1S/C14H17BrO3/c1-10(2)7-8-18-13-5-4-12(15)9-11(13)3-6-14(16)17/h3-6,9-10H,7-8H2,1-2H3,(H,16,17)/b6-3+. The Kier molecular flexibility index (Phi) is 5.92. The maximum atomic E-state index is 10.5. The third-order valence-electron chi connectivity index (χ3n) is 2.33. The monoisotopic (exact) mass is 312 g/mol. The average molecular weight is 313 g/mol. The maximum Gasteiger partial charge on any atom is 0.328 e. The minimum atomic E-state index is -0.969. The van der Waals surface area contributed by atoms with Crippen molar-refractivity contribution in [2.24, 2.45) is 5.92 Å². The van der Waals surface area contributed by atoms with Crippen LogP contribution >= 0.6 is 15.9 Å². The van der Waals surface area contributed by atoms with Crippen molar-refractivity contribution in [3.63, 3.8) is 0 Å². The van der Waals surface area contributed by atoms with Gasteiger partial charge >= 0.3 is 5.97 Å². The van der Waals surface area contributed by atoms with E-state index in [1.807, 2.05) is 18.2 Å². The summed E-state index contributed by atoms with van der Waals surface area (Å²) in [6, 6.07) is 5.55. The Morgan fingerprint density at radius 3 is 2.83 bits per heavy atom. The number of hydrogen-bond donors (Lipinski definition) is 1. The van der Waals surface area contributed by atoms with Gasteiger partial charge in [-0.3, -0.25) is 0 Å². The van der Waals surface area contributed by atoms with Gasteiger partial charge in [-0.05, 0) is 36.6 Å². The van der Waals surface area contributed by atoms with Gasteiger partial charge in [-0.1, -0.05) is 29.8 Å². The molecule has 98 valence electrons. The molecule has 0 bridgehead atoms. The van der Waals surface area contributed by atoms with E-state index in [-0.39, 0.29) is 0 Å². The molecule has 0 unspecified atom stereocenters. The molecule has 0 saturated heterocycles. The van der Waals surface area contributed by atoms with Gasteiger partial charge in [0.2, 0.25) is 0 Å². The lowest BCUT2D eigenvalue weighted by Gasteiger charge is -2.11. The molecule has 0 radical (unpaired) electrons. The van der Waals surface area contributed by atoms with Crippen LogP contribution in [0.1, 0.15) is 25.8 Å². The third-order valence-corrected chi connectivity index (χ3v) is 2.82. The Bertz CT molecular complexity index is 439. The van der Waals surface area contributed by atoms with Crippen molar-refractivity contribution in [1.82, 2.24) is 0 Å². The molecule has 0 fully saturated rings. The van der Waals surface area contributed by atoms with E-state index in [0.717, 1.165) is 22.5 Å². The third kappa shape index (κ3) is 5.36. The minimum Gasteiger partial charge on any atom is -0.493 e. The molecule has 4 heteroatoms. The van der Waals surface area contributed by atoms with Gasteiger partial charge in [0.1, 0.15) is 5.75 Å². The van der Waals surface area contributed by atoms with Crippen LogP contribution in [-0.4, -0.2) is 17.7 Å². The molecule has 1 aromatic carbocycles. The van der Waals surface area contributed by atoms with E-state index in [4.69, 9.17) is 9.84 Å². The van der Waals surface area contributed by atoms with Gasteiger partial charge < -0.3 is 9.84 Å². The van der Waals surface area contributed by atoms with Gasteiger partial charge in [0.15, 0.2) is 0 Å².